The first-order valence-electron chi connectivity index (χ1n) is 6.90. The molecule has 1 amide bonds. The van der Waals surface area contributed by atoms with Crippen LogP contribution in [0.2, 0.25) is 0 Å². The number of benzene rings is 1. The van der Waals surface area contributed by atoms with Gasteiger partial charge in [-0.3, -0.25) is 4.79 Å². The minimum atomic E-state index is -0.914. The molecule has 0 radical (unpaired) electrons. The fourth-order valence-electron chi connectivity index (χ4n) is 2.90. The van der Waals surface area contributed by atoms with E-state index in [1.165, 1.54) is 4.90 Å². The number of carboxylic acid groups (broad SMARTS) is 1. The van der Waals surface area contributed by atoms with Crippen LogP contribution in [-0.4, -0.2) is 34.5 Å². The smallest absolute Gasteiger partial charge is 0.326 e. The normalized spacial score (nSPS) is 21.6. The number of carbonyl (C=O) groups is 2. The van der Waals surface area contributed by atoms with Crippen LogP contribution in [0.15, 0.2) is 18.2 Å². The Morgan fingerprint density at radius 2 is 2.00 bits per heavy atom. The number of hydrogen-bond donors (Lipinski definition) is 1. The zero-order valence-electron chi connectivity index (χ0n) is 11.2. The van der Waals surface area contributed by atoms with Crippen molar-refractivity contribution in [3.63, 3.8) is 0 Å². The Kier molecular flexibility index (Phi) is 3.44. The molecule has 0 spiro atoms. The number of rotatable bonds is 2. The van der Waals surface area contributed by atoms with E-state index < -0.39 is 12.0 Å². The number of carboxylic acids is 1. The standard InChI is InChI=1S/C15H17NO4/c17-14(16-6-2-1-3-13(16)15(18)19)10-4-5-11-8-20-9-12(11)7-10/h4-5,7,13H,1-3,6,8-9H2,(H,18,19)/t13-/m0/s1. The molecule has 0 bridgehead atoms. The third-order valence-corrected chi connectivity index (χ3v) is 4.02. The summed E-state index contributed by atoms with van der Waals surface area (Å²) >= 11 is 0. The molecule has 2 aliphatic rings. The van der Waals surface area contributed by atoms with E-state index >= 15 is 0 Å². The molecule has 0 unspecified atom stereocenters. The van der Waals surface area contributed by atoms with E-state index in [-0.39, 0.29) is 5.91 Å². The molecule has 5 heteroatoms. The second-order valence-corrected chi connectivity index (χ2v) is 5.32. The van der Waals surface area contributed by atoms with Crippen molar-refractivity contribution in [1.29, 1.82) is 0 Å². The van der Waals surface area contributed by atoms with Crippen LogP contribution in [0.25, 0.3) is 0 Å². The first-order chi connectivity index (χ1) is 9.66. The number of aliphatic carboxylic acids is 1. The molecule has 0 saturated carbocycles. The third-order valence-electron chi connectivity index (χ3n) is 4.02. The van der Waals surface area contributed by atoms with E-state index in [0.29, 0.717) is 31.7 Å². The summed E-state index contributed by atoms with van der Waals surface area (Å²) in [5.74, 6) is -1.10. The summed E-state index contributed by atoms with van der Waals surface area (Å²) in [6.07, 6.45) is 2.26. The number of hydrogen-bond acceptors (Lipinski definition) is 3. The van der Waals surface area contributed by atoms with E-state index in [9.17, 15) is 14.7 Å². The zero-order valence-corrected chi connectivity index (χ0v) is 11.2. The van der Waals surface area contributed by atoms with Gasteiger partial charge in [0.15, 0.2) is 0 Å². The Labute approximate surface area is 117 Å². The topological polar surface area (TPSA) is 66.8 Å². The van der Waals surface area contributed by atoms with Gasteiger partial charge in [-0.05, 0) is 42.5 Å². The Morgan fingerprint density at radius 1 is 1.20 bits per heavy atom. The van der Waals surface area contributed by atoms with Gasteiger partial charge < -0.3 is 14.7 Å². The van der Waals surface area contributed by atoms with Crippen LogP contribution in [0, 0.1) is 0 Å². The van der Waals surface area contributed by atoms with E-state index in [2.05, 4.69) is 0 Å². The fourth-order valence-corrected chi connectivity index (χ4v) is 2.90. The summed E-state index contributed by atoms with van der Waals surface area (Å²) in [4.78, 5) is 25.3. The van der Waals surface area contributed by atoms with Crippen molar-refractivity contribution < 1.29 is 19.4 Å². The van der Waals surface area contributed by atoms with Crippen LogP contribution >= 0.6 is 0 Å². The van der Waals surface area contributed by atoms with Gasteiger partial charge in [-0.15, -0.1) is 0 Å². The fraction of sp³-hybridized carbons (Fsp3) is 0.467. The van der Waals surface area contributed by atoms with Crippen LogP contribution in [0.4, 0.5) is 0 Å². The summed E-state index contributed by atoms with van der Waals surface area (Å²) in [7, 11) is 0. The first kappa shape index (κ1) is 13.1. The molecule has 2 heterocycles. The summed E-state index contributed by atoms with van der Waals surface area (Å²) in [6, 6.07) is 4.80. The van der Waals surface area contributed by atoms with Crippen molar-refractivity contribution in [2.45, 2.75) is 38.5 Å². The number of likely N-dealkylation sites (tertiary alicyclic amines) is 1. The van der Waals surface area contributed by atoms with Crippen molar-refractivity contribution in [1.82, 2.24) is 4.90 Å². The van der Waals surface area contributed by atoms with E-state index in [4.69, 9.17) is 4.74 Å². The second kappa shape index (κ2) is 5.25. The molecule has 1 aromatic rings. The molecule has 0 aromatic heterocycles. The molecule has 1 N–H and O–H groups in total. The predicted molar refractivity (Wildman–Crippen MR) is 71.2 cm³/mol. The summed E-state index contributed by atoms with van der Waals surface area (Å²) in [5.41, 5.74) is 2.69. The Bertz CT molecular complexity index is 555. The highest BCUT2D eigenvalue weighted by molar-refractivity contribution is 5.97. The molecule has 1 fully saturated rings. The molecule has 1 atom stereocenters. The number of carbonyl (C=O) groups excluding carboxylic acids is 1. The van der Waals surface area contributed by atoms with Gasteiger partial charge in [0.25, 0.3) is 5.91 Å². The number of ether oxygens (including phenoxy) is 1. The lowest BCUT2D eigenvalue weighted by atomic mass is 9.99. The van der Waals surface area contributed by atoms with Gasteiger partial charge in [-0.2, -0.15) is 0 Å². The molecule has 3 rings (SSSR count). The van der Waals surface area contributed by atoms with Gasteiger partial charge >= 0.3 is 5.97 Å². The zero-order chi connectivity index (χ0) is 14.1. The number of nitrogens with zero attached hydrogens (tertiary/aromatic N) is 1. The van der Waals surface area contributed by atoms with E-state index in [0.717, 1.165) is 24.0 Å². The maximum atomic E-state index is 12.5. The molecular weight excluding hydrogens is 258 g/mol. The van der Waals surface area contributed by atoms with Crippen molar-refractivity contribution in [2.75, 3.05) is 6.54 Å². The summed E-state index contributed by atoms with van der Waals surface area (Å²) < 4.78 is 5.34. The highest BCUT2D eigenvalue weighted by Gasteiger charge is 2.32. The largest absolute Gasteiger partial charge is 0.480 e. The van der Waals surface area contributed by atoms with Crippen LogP contribution in [-0.2, 0) is 22.7 Å². The molecule has 1 aromatic carbocycles. The van der Waals surface area contributed by atoms with Gasteiger partial charge in [-0.25, -0.2) is 4.79 Å². The Balaban J connectivity index is 1.85. The molecule has 1 saturated heterocycles. The van der Waals surface area contributed by atoms with Crippen molar-refractivity contribution in [2.24, 2.45) is 0 Å². The van der Waals surface area contributed by atoms with E-state index in [1.807, 2.05) is 12.1 Å². The third kappa shape index (κ3) is 2.29. The monoisotopic (exact) mass is 275 g/mol. The van der Waals surface area contributed by atoms with Crippen LogP contribution in [0.3, 0.4) is 0 Å². The summed E-state index contributed by atoms with van der Waals surface area (Å²) in [6.45, 7) is 1.63. The van der Waals surface area contributed by atoms with Gasteiger partial charge in [0.1, 0.15) is 6.04 Å². The highest BCUT2D eigenvalue weighted by atomic mass is 16.5. The minimum Gasteiger partial charge on any atom is -0.480 e. The van der Waals surface area contributed by atoms with Crippen LogP contribution in [0.5, 0.6) is 0 Å². The van der Waals surface area contributed by atoms with Crippen molar-refractivity contribution in [3.8, 4) is 0 Å². The lowest BCUT2D eigenvalue weighted by Gasteiger charge is -2.33. The summed E-state index contributed by atoms with van der Waals surface area (Å²) in [5, 5.41) is 9.25. The molecule has 0 aliphatic carbocycles. The lowest BCUT2D eigenvalue weighted by Crippen LogP contribution is -2.48. The van der Waals surface area contributed by atoms with E-state index in [1.54, 1.807) is 6.07 Å². The number of fused-ring (bicyclic) bond motifs is 1. The lowest BCUT2D eigenvalue weighted by molar-refractivity contribution is -0.143. The van der Waals surface area contributed by atoms with Gasteiger partial charge in [0.05, 0.1) is 13.2 Å². The number of amides is 1. The van der Waals surface area contributed by atoms with Crippen molar-refractivity contribution >= 4 is 11.9 Å². The molecule has 5 nitrogen and oxygen atoms in total. The average molecular weight is 275 g/mol. The maximum absolute atomic E-state index is 12.5. The predicted octanol–water partition coefficient (Wildman–Crippen LogP) is 1.80. The number of piperidine rings is 1. The molecule has 20 heavy (non-hydrogen) atoms. The van der Waals surface area contributed by atoms with Gasteiger partial charge in [-0.1, -0.05) is 6.07 Å². The Morgan fingerprint density at radius 3 is 2.80 bits per heavy atom. The SMILES string of the molecule is O=C(O)[C@@H]1CCCCN1C(=O)c1ccc2c(c1)COC2. The second-order valence-electron chi connectivity index (χ2n) is 5.32. The highest BCUT2D eigenvalue weighted by Crippen LogP contribution is 2.24. The van der Waals surface area contributed by atoms with Gasteiger partial charge in [0, 0.05) is 12.1 Å². The molecule has 2 aliphatic heterocycles. The quantitative estimate of drug-likeness (QED) is 0.893. The maximum Gasteiger partial charge on any atom is 0.326 e. The minimum absolute atomic E-state index is 0.188. The van der Waals surface area contributed by atoms with Gasteiger partial charge in [0.2, 0.25) is 0 Å². The van der Waals surface area contributed by atoms with Crippen LogP contribution in [0.1, 0.15) is 40.7 Å². The molecule has 106 valence electrons. The van der Waals surface area contributed by atoms with Crippen LogP contribution < -0.4 is 0 Å². The molecular formula is C15H17NO4. The average Bonchev–Trinajstić information content (AvgIpc) is 2.93. The first-order valence-corrected chi connectivity index (χ1v) is 6.90. The van der Waals surface area contributed by atoms with Crippen molar-refractivity contribution in [3.05, 3.63) is 34.9 Å². The Hall–Kier alpha value is -1.88.